The van der Waals surface area contributed by atoms with Gasteiger partial charge >= 0.3 is 0 Å². The van der Waals surface area contributed by atoms with Crippen LogP contribution < -0.4 is 0 Å². The SMILES string of the molecule is c1cc(-c2ccc3c4ccccc4c4ccccc4c3c2)cc(-c2cccc3c2sc2c(-c4ccccc4-c4cc(-c5ccc6c7ccccc7c7ccccc7c6c5)cc(-c5cccc6c5sc5ccccc56)c4)cccc23)c1. The van der Waals surface area contributed by atoms with Crippen molar-refractivity contribution in [3.8, 4) is 66.8 Å². The quantitative estimate of drug-likeness (QED) is 0.146. The molecule has 0 unspecified atom stereocenters. The molecule has 2 aromatic heterocycles. The first-order valence-electron chi connectivity index (χ1n) is 27.5. The average Bonchev–Trinajstić information content (AvgIpc) is 4.20. The predicted octanol–water partition coefficient (Wildman–Crippen LogP) is 23.3. The van der Waals surface area contributed by atoms with Gasteiger partial charge in [0.25, 0.3) is 0 Å². The van der Waals surface area contributed by atoms with Crippen LogP contribution >= 0.6 is 22.7 Å². The molecule has 0 aliphatic rings. The van der Waals surface area contributed by atoms with Crippen LogP contribution in [0.2, 0.25) is 0 Å². The molecular formula is C78H46S2. The third kappa shape index (κ3) is 6.99. The molecule has 0 nitrogen and oxygen atoms in total. The molecule has 0 bridgehead atoms. The van der Waals surface area contributed by atoms with Crippen LogP contribution in [0, 0.1) is 0 Å². The summed E-state index contributed by atoms with van der Waals surface area (Å²) in [6, 6.07) is 105. The largest absolute Gasteiger partial charge is 0.135 e. The van der Waals surface area contributed by atoms with Crippen LogP contribution in [0.5, 0.6) is 0 Å². The van der Waals surface area contributed by atoms with Crippen LogP contribution in [0.15, 0.2) is 279 Å². The number of hydrogen-bond donors (Lipinski definition) is 0. The molecule has 0 radical (unpaired) electrons. The van der Waals surface area contributed by atoms with Crippen molar-refractivity contribution in [2.45, 2.75) is 0 Å². The van der Waals surface area contributed by atoms with E-state index < -0.39 is 0 Å². The Kier molecular flexibility index (Phi) is 10.2. The highest BCUT2D eigenvalue weighted by molar-refractivity contribution is 7.27. The van der Waals surface area contributed by atoms with E-state index in [1.54, 1.807) is 0 Å². The van der Waals surface area contributed by atoms with E-state index >= 15 is 0 Å². The van der Waals surface area contributed by atoms with Gasteiger partial charge in [-0.1, -0.05) is 237 Å². The van der Waals surface area contributed by atoms with Gasteiger partial charge in [-0.15, -0.1) is 22.7 Å². The molecule has 2 heterocycles. The maximum absolute atomic E-state index is 2.45. The van der Waals surface area contributed by atoms with Crippen molar-refractivity contribution in [1.82, 2.24) is 0 Å². The van der Waals surface area contributed by atoms with Gasteiger partial charge in [0.1, 0.15) is 0 Å². The van der Waals surface area contributed by atoms with Gasteiger partial charge in [0, 0.05) is 45.9 Å². The van der Waals surface area contributed by atoms with E-state index in [0.717, 1.165) is 0 Å². The van der Waals surface area contributed by atoms with E-state index in [4.69, 9.17) is 0 Å². The van der Waals surface area contributed by atoms with Gasteiger partial charge in [0.05, 0.1) is 0 Å². The monoisotopic (exact) mass is 1050 g/mol. The molecule has 0 saturated carbocycles. The number of thiophene rings is 2. The minimum Gasteiger partial charge on any atom is -0.135 e. The second-order valence-corrected chi connectivity index (χ2v) is 23.4. The van der Waals surface area contributed by atoms with Crippen LogP contribution in [-0.2, 0) is 0 Å². The van der Waals surface area contributed by atoms with E-state index in [1.165, 1.54) is 172 Å². The Balaban J connectivity index is 0.828. The fraction of sp³-hybridized carbons (Fsp3) is 0. The highest BCUT2D eigenvalue weighted by Crippen LogP contribution is 2.49. The number of rotatable bonds is 6. The molecule has 0 spiro atoms. The molecule has 80 heavy (non-hydrogen) atoms. The van der Waals surface area contributed by atoms with Crippen molar-refractivity contribution in [3.63, 3.8) is 0 Å². The zero-order valence-corrected chi connectivity index (χ0v) is 45.0. The lowest BCUT2D eigenvalue weighted by Gasteiger charge is -2.16. The summed E-state index contributed by atoms with van der Waals surface area (Å²) in [5.41, 5.74) is 14.7. The minimum atomic E-state index is 1.19. The van der Waals surface area contributed by atoms with E-state index in [2.05, 4.69) is 279 Å². The summed E-state index contributed by atoms with van der Waals surface area (Å²) in [6.45, 7) is 0. The van der Waals surface area contributed by atoms with Crippen molar-refractivity contribution >= 4 is 128 Å². The molecule has 0 N–H and O–H groups in total. The molecule has 0 amide bonds. The molecule has 0 atom stereocenters. The molecule has 0 saturated heterocycles. The first kappa shape index (κ1) is 45.3. The molecule has 0 aliphatic carbocycles. The maximum Gasteiger partial charge on any atom is 0.0434 e. The molecule has 17 rings (SSSR count). The van der Waals surface area contributed by atoms with Gasteiger partial charge in [0.2, 0.25) is 0 Å². The Labute approximate surface area is 470 Å². The van der Waals surface area contributed by atoms with E-state index in [0.29, 0.717) is 0 Å². The first-order chi connectivity index (χ1) is 39.7. The molecule has 0 fully saturated rings. The standard InChI is InChI=1S/C78H46S2/c1-2-20-57(69-32-16-35-72-71-34-14-30-55(77(71)80-78(69)72)50-18-13-17-47(41-50)48-37-39-66-62-25-5-3-21-58(62)60-23-7-9-27-64(60)73(66)45-48)54(19-1)52-42-51(43-53(44-52)56-31-15-33-70-68-29-11-12-36-75(68)79-76(56)70)49-38-40-67-63-26-6-4-22-59(63)61-24-8-10-28-65(61)74(67)46-49/h1-46H. The zero-order valence-electron chi connectivity index (χ0n) is 43.4. The molecule has 2 heteroatoms. The predicted molar refractivity (Wildman–Crippen MR) is 350 cm³/mol. The summed E-state index contributed by atoms with van der Waals surface area (Å²) in [5.74, 6) is 0. The number of fused-ring (bicyclic) bond motifs is 18. The van der Waals surface area contributed by atoms with Crippen LogP contribution in [0.1, 0.15) is 0 Å². The summed E-state index contributed by atoms with van der Waals surface area (Å²) in [6.07, 6.45) is 0. The van der Waals surface area contributed by atoms with E-state index in [9.17, 15) is 0 Å². The number of hydrogen-bond acceptors (Lipinski definition) is 2. The molecule has 370 valence electrons. The summed E-state index contributed by atoms with van der Waals surface area (Å²) < 4.78 is 5.23. The third-order valence-corrected chi connectivity index (χ3v) is 19.5. The van der Waals surface area contributed by atoms with Gasteiger partial charge < -0.3 is 0 Å². The second kappa shape index (κ2) is 17.9. The summed E-state index contributed by atoms with van der Waals surface area (Å²) in [4.78, 5) is 0. The van der Waals surface area contributed by atoms with Crippen LogP contribution in [-0.4, -0.2) is 0 Å². The second-order valence-electron chi connectivity index (χ2n) is 21.4. The lowest BCUT2D eigenvalue weighted by molar-refractivity contribution is 1.58. The topological polar surface area (TPSA) is 0 Å². The molecule has 17 aromatic rings. The van der Waals surface area contributed by atoms with Crippen molar-refractivity contribution < 1.29 is 0 Å². The van der Waals surface area contributed by atoms with E-state index in [-0.39, 0.29) is 0 Å². The summed E-state index contributed by atoms with van der Waals surface area (Å²) in [7, 11) is 0. The van der Waals surface area contributed by atoms with Gasteiger partial charge in [-0.25, -0.2) is 0 Å². The van der Waals surface area contributed by atoms with E-state index in [1.807, 2.05) is 22.7 Å². The molecular weight excluding hydrogens is 1000 g/mol. The summed E-state index contributed by atoms with van der Waals surface area (Å²) in [5, 5.41) is 20.6. The fourth-order valence-corrected chi connectivity index (χ4v) is 16.0. The molecule has 0 aliphatic heterocycles. The van der Waals surface area contributed by atoms with Crippen molar-refractivity contribution in [2.24, 2.45) is 0 Å². The third-order valence-electron chi connectivity index (χ3n) is 17.0. The van der Waals surface area contributed by atoms with Crippen LogP contribution in [0.4, 0.5) is 0 Å². The van der Waals surface area contributed by atoms with Crippen LogP contribution in [0.3, 0.4) is 0 Å². The first-order valence-corrected chi connectivity index (χ1v) is 29.2. The maximum atomic E-state index is 2.45. The Morgan fingerprint density at radius 1 is 0.150 bits per heavy atom. The normalized spacial score (nSPS) is 12.0. The van der Waals surface area contributed by atoms with Gasteiger partial charge in [-0.05, 0) is 168 Å². The molecule has 15 aromatic carbocycles. The lowest BCUT2D eigenvalue weighted by atomic mass is 9.88. The van der Waals surface area contributed by atoms with Crippen molar-refractivity contribution in [3.05, 3.63) is 279 Å². The fourth-order valence-electron chi connectivity index (χ4n) is 13.3. The minimum absolute atomic E-state index is 1.19. The van der Waals surface area contributed by atoms with Gasteiger partial charge in [-0.2, -0.15) is 0 Å². The Bertz CT molecular complexity index is 5370. The Hall–Kier alpha value is -9.70. The zero-order chi connectivity index (χ0) is 52.4. The van der Waals surface area contributed by atoms with Crippen LogP contribution in [0.25, 0.3) is 172 Å². The van der Waals surface area contributed by atoms with Crippen molar-refractivity contribution in [2.75, 3.05) is 0 Å². The van der Waals surface area contributed by atoms with Crippen molar-refractivity contribution in [1.29, 1.82) is 0 Å². The lowest BCUT2D eigenvalue weighted by Crippen LogP contribution is -1.90. The van der Waals surface area contributed by atoms with Gasteiger partial charge in [-0.3, -0.25) is 0 Å². The smallest absolute Gasteiger partial charge is 0.0434 e. The van der Waals surface area contributed by atoms with Gasteiger partial charge in [0.15, 0.2) is 0 Å². The summed E-state index contributed by atoms with van der Waals surface area (Å²) >= 11 is 3.82. The Morgan fingerprint density at radius 2 is 0.475 bits per heavy atom. The average molecular weight is 1050 g/mol. The highest BCUT2D eigenvalue weighted by atomic mass is 32.1. The number of benzene rings is 15. The highest BCUT2D eigenvalue weighted by Gasteiger charge is 2.20. The Morgan fingerprint density at radius 3 is 1.05 bits per heavy atom.